The fraction of sp³-hybridized carbons (Fsp3) is 0.120. The standard InChI is InChI=1S/C25H19Cl2NO5/c1-30-22-15-16(13-20(27)23(22)32-12-11-31-17-7-3-2-4-8-17)14-21-25(29)33-24(28-21)18-9-5-6-10-19(18)26/h2-10,13-15H,11-12H2,1H3/b21-14+. The monoisotopic (exact) mass is 483 g/mol. The fourth-order valence-corrected chi connectivity index (χ4v) is 3.59. The maximum absolute atomic E-state index is 12.3. The van der Waals surface area contributed by atoms with Crippen LogP contribution in [0.15, 0.2) is 77.4 Å². The molecular weight excluding hydrogens is 465 g/mol. The first-order valence-corrected chi connectivity index (χ1v) is 10.8. The Morgan fingerprint density at radius 2 is 1.67 bits per heavy atom. The Morgan fingerprint density at radius 1 is 0.939 bits per heavy atom. The topological polar surface area (TPSA) is 66.4 Å². The van der Waals surface area contributed by atoms with Crippen molar-refractivity contribution in [2.45, 2.75) is 0 Å². The molecule has 0 saturated heterocycles. The van der Waals surface area contributed by atoms with Gasteiger partial charge in [-0.2, -0.15) is 0 Å². The number of hydrogen-bond acceptors (Lipinski definition) is 6. The maximum atomic E-state index is 12.3. The maximum Gasteiger partial charge on any atom is 0.363 e. The van der Waals surface area contributed by atoms with Gasteiger partial charge in [-0.1, -0.05) is 53.5 Å². The van der Waals surface area contributed by atoms with E-state index in [-0.39, 0.29) is 18.2 Å². The lowest BCUT2D eigenvalue weighted by Gasteiger charge is -2.14. The smallest absolute Gasteiger partial charge is 0.363 e. The van der Waals surface area contributed by atoms with Gasteiger partial charge in [0.05, 0.1) is 22.7 Å². The van der Waals surface area contributed by atoms with Crippen molar-refractivity contribution in [1.82, 2.24) is 0 Å². The predicted octanol–water partition coefficient (Wildman–Crippen LogP) is 5.80. The summed E-state index contributed by atoms with van der Waals surface area (Å²) in [6.45, 7) is 0.601. The molecule has 3 aromatic carbocycles. The normalized spacial score (nSPS) is 14.1. The van der Waals surface area contributed by atoms with E-state index in [9.17, 15) is 4.79 Å². The Hall–Kier alpha value is -3.48. The van der Waals surface area contributed by atoms with Crippen molar-refractivity contribution in [3.05, 3.63) is 93.6 Å². The molecule has 1 heterocycles. The molecule has 3 aromatic rings. The Balaban J connectivity index is 1.49. The minimum absolute atomic E-state index is 0.118. The molecule has 0 amide bonds. The number of rotatable bonds is 8. The molecule has 33 heavy (non-hydrogen) atoms. The third-order valence-electron chi connectivity index (χ3n) is 4.62. The highest BCUT2D eigenvalue weighted by Crippen LogP contribution is 2.37. The first-order chi connectivity index (χ1) is 16.0. The van der Waals surface area contributed by atoms with E-state index in [0.29, 0.717) is 39.3 Å². The average molecular weight is 484 g/mol. The zero-order valence-electron chi connectivity index (χ0n) is 17.6. The molecule has 0 aromatic heterocycles. The number of benzene rings is 3. The van der Waals surface area contributed by atoms with E-state index in [1.807, 2.05) is 30.3 Å². The van der Waals surface area contributed by atoms with Gasteiger partial charge in [0, 0.05) is 0 Å². The van der Waals surface area contributed by atoms with Crippen LogP contribution in [0, 0.1) is 0 Å². The lowest BCUT2D eigenvalue weighted by atomic mass is 10.1. The number of ether oxygens (including phenoxy) is 4. The van der Waals surface area contributed by atoms with Gasteiger partial charge in [0.1, 0.15) is 19.0 Å². The van der Waals surface area contributed by atoms with Crippen molar-refractivity contribution >= 4 is 41.1 Å². The van der Waals surface area contributed by atoms with Gasteiger partial charge in [0.15, 0.2) is 17.2 Å². The van der Waals surface area contributed by atoms with Crippen molar-refractivity contribution in [1.29, 1.82) is 0 Å². The van der Waals surface area contributed by atoms with Crippen LogP contribution in [-0.2, 0) is 9.53 Å². The number of esters is 1. The van der Waals surface area contributed by atoms with Crippen LogP contribution in [0.1, 0.15) is 11.1 Å². The summed E-state index contributed by atoms with van der Waals surface area (Å²) in [5.74, 6) is 1.11. The molecule has 0 fully saturated rings. The van der Waals surface area contributed by atoms with Crippen LogP contribution >= 0.6 is 23.2 Å². The highest BCUT2D eigenvalue weighted by Gasteiger charge is 2.25. The number of methoxy groups -OCH3 is 1. The molecule has 0 N–H and O–H groups in total. The van der Waals surface area contributed by atoms with Gasteiger partial charge in [-0.05, 0) is 48.0 Å². The Labute approximate surface area is 201 Å². The second-order valence-corrected chi connectivity index (χ2v) is 7.67. The van der Waals surface area contributed by atoms with E-state index in [1.54, 1.807) is 42.5 Å². The molecule has 8 heteroatoms. The first-order valence-electron chi connectivity index (χ1n) is 10.0. The van der Waals surface area contributed by atoms with Gasteiger partial charge in [-0.3, -0.25) is 0 Å². The molecule has 1 aliphatic rings. The predicted molar refractivity (Wildman–Crippen MR) is 127 cm³/mol. The minimum atomic E-state index is -0.585. The summed E-state index contributed by atoms with van der Waals surface area (Å²) >= 11 is 12.6. The van der Waals surface area contributed by atoms with E-state index in [0.717, 1.165) is 5.75 Å². The van der Waals surface area contributed by atoms with Crippen LogP contribution in [0.4, 0.5) is 0 Å². The van der Waals surface area contributed by atoms with E-state index >= 15 is 0 Å². The van der Waals surface area contributed by atoms with Crippen LogP contribution in [0.5, 0.6) is 17.2 Å². The second kappa shape index (κ2) is 10.4. The Bertz CT molecular complexity index is 1220. The zero-order chi connectivity index (χ0) is 23.2. The van der Waals surface area contributed by atoms with Crippen LogP contribution in [0.3, 0.4) is 0 Å². The molecule has 6 nitrogen and oxygen atoms in total. The van der Waals surface area contributed by atoms with Crippen LogP contribution in [0.2, 0.25) is 10.0 Å². The molecule has 0 bridgehead atoms. The molecule has 0 saturated carbocycles. The van der Waals surface area contributed by atoms with Crippen molar-refractivity contribution in [2.75, 3.05) is 20.3 Å². The third kappa shape index (κ3) is 5.48. The number of hydrogen-bond donors (Lipinski definition) is 0. The molecule has 0 aliphatic carbocycles. The van der Waals surface area contributed by atoms with Crippen molar-refractivity contribution < 1.29 is 23.7 Å². The first kappa shape index (κ1) is 22.7. The number of para-hydroxylation sites is 1. The van der Waals surface area contributed by atoms with Crippen molar-refractivity contribution in [2.24, 2.45) is 4.99 Å². The largest absolute Gasteiger partial charge is 0.493 e. The summed E-state index contributed by atoms with van der Waals surface area (Å²) in [7, 11) is 1.51. The van der Waals surface area contributed by atoms with E-state index in [4.69, 9.17) is 42.1 Å². The molecule has 0 radical (unpaired) electrons. The van der Waals surface area contributed by atoms with E-state index in [2.05, 4.69) is 4.99 Å². The lowest BCUT2D eigenvalue weighted by Crippen LogP contribution is -2.10. The summed E-state index contributed by atoms with van der Waals surface area (Å²) in [6, 6.07) is 19.8. The van der Waals surface area contributed by atoms with Crippen LogP contribution in [0.25, 0.3) is 6.08 Å². The third-order valence-corrected chi connectivity index (χ3v) is 5.23. The van der Waals surface area contributed by atoms with Gasteiger partial charge in [-0.15, -0.1) is 0 Å². The summed E-state index contributed by atoms with van der Waals surface area (Å²) in [6.07, 6.45) is 1.56. The van der Waals surface area contributed by atoms with E-state index in [1.165, 1.54) is 7.11 Å². The molecule has 4 rings (SSSR count). The number of carbonyl (C=O) groups excluding carboxylic acids is 1. The van der Waals surface area contributed by atoms with Gasteiger partial charge < -0.3 is 18.9 Å². The highest BCUT2D eigenvalue weighted by atomic mass is 35.5. The molecule has 168 valence electrons. The summed E-state index contributed by atoms with van der Waals surface area (Å²) in [4.78, 5) is 16.6. The summed E-state index contributed by atoms with van der Waals surface area (Å²) in [5.41, 5.74) is 1.25. The number of halogens is 2. The molecule has 0 spiro atoms. The molecule has 0 atom stereocenters. The van der Waals surface area contributed by atoms with Crippen LogP contribution in [-0.4, -0.2) is 32.2 Å². The molecular formula is C25H19Cl2NO5. The fourth-order valence-electron chi connectivity index (χ4n) is 3.10. The number of carbonyl (C=O) groups is 1. The Kier molecular flexibility index (Phi) is 7.17. The zero-order valence-corrected chi connectivity index (χ0v) is 19.1. The van der Waals surface area contributed by atoms with Crippen molar-refractivity contribution in [3.8, 4) is 17.2 Å². The van der Waals surface area contributed by atoms with E-state index < -0.39 is 5.97 Å². The summed E-state index contributed by atoms with van der Waals surface area (Å²) < 4.78 is 22.1. The quantitative estimate of drug-likeness (QED) is 0.230. The second-order valence-electron chi connectivity index (χ2n) is 6.86. The van der Waals surface area contributed by atoms with Gasteiger partial charge in [-0.25, -0.2) is 9.79 Å². The number of aliphatic imine (C=N–C) groups is 1. The number of nitrogens with zero attached hydrogens (tertiary/aromatic N) is 1. The van der Waals surface area contributed by atoms with Crippen LogP contribution < -0.4 is 14.2 Å². The average Bonchev–Trinajstić information content (AvgIpc) is 3.18. The van der Waals surface area contributed by atoms with Gasteiger partial charge >= 0.3 is 5.97 Å². The van der Waals surface area contributed by atoms with Crippen molar-refractivity contribution in [3.63, 3.8) is 0 Å². The number of cyclic esters (lactones) is 1. The highest BCUT2D eigenvalue weighted by molar-refractivity contribution is 6.34. The van der Waals surface area contributed by atoms with Gasteiger partial charge in [0.25, 0.3) is 0 Å². The Morgan fingerprint density at radius 3 is 2.42 bits per heavy atom. The SMILES string of the molecule is COc1cc(/C=C2/N=C(c3ccccc3Cl)OC2=O)cc(Cl)c1OCCOc1ccccc1. The summed E-state index contributed by atoms with van der Waals surface area (Å²) in [5, 5.41) is 0.760. The molecule has 1 aliphatic heterocycles. The molecule has 0 unspecified atom stereocenters. The lowest BCUT2D eigenvalue weighted by molar-refractivity contribution is -0.129. The minimum Gasteiger partial charge on any atom is -0.493 e. The van der Waals surface area contributed by atoms with Gasteiger partial charge in [0.2, 0.25) is 5.90 Å².